The van der Waals surface area contributed by atoms with Crippen LogP contribution in [-0.2, 0) is 0 Å². The maximum absolute atomic E-state index is 10.3. The average molecular weight is 266 g/mol. The molecular formula is C17H14O3. The standard InChI is InChI=1S/C17H14O3/c1-10-8-13(18)9-14-15(10)11(2)16(19)17(20-14)12-6-4-3-5-7-12/h3-9,18-19H,2H2,1H3. The minimum absolute atomic E-state index is 0.0255. The number of ether oxygens (including phenoxy) is 1. The second-order valence-corrected chi connectivity index (χ2v) is 4.76. The van der Waals surface area contributed by atoms with Gasteiger partial charge in [0.15, 0.2) is 11.5 Å². The first-order valence-electron chi connectivity index (χ1n) is 6.27. The summed E-state index contributed by atoms with van der Waals surface area (Å²) in [5, 5.41) is 20.0. The van der Waals surface area contributed by atoms with Gasteiger partial charge in [-0.15, -0.1) is 0 Å². The summed E-state index contributed by atoms with van der Waals surface area (Å²) in [7, 11) is 0. The quantitative estimate of drug-likeness (QED) is 0.819. The van der Waals surface area contributed by atoms with E-state index in [2.05, 4.69) is 6.58 Å². The molecule has 1 aliphatic heterocycles. The molecule has 0 aromatic heterocycles. The molecule has 0 saturated heterocycles. The number of benzene rings is 2. The van der Waals surface area contributed by atoms with Gasteiger partial charge in [0.25, 0.3) is 0 Å². The third-order valence-electron chi connectivity index (χ3n) is 3.33. The lowest BCUT2D eigenvalue weighted by atomic mass is 9.95. The summed E-state index contributed by atoms with van der Waals surface area (Å²) in [5.74, 6) is 1.01. The molecule has 0 aliphatic carbocycles. The molecule has 0 spiro atoms. The molecule has 1 aliphatic rings. The molecule has 2 N–H and O–H groups in total. The average Bonchev–Trinajstić information content (AvgIpc) is 2.43. The molecule has 1 heterocycles. The number of phenolic OH excluding ortho intramolecular Hbond substituents is 1. The van der Waals surface area contributed by atoms with Crippen LogP contribution in [0.1, 0.15) is 16.7 Å². The van der Waals surface area contributed by atoms with Crippen LogP contribution in [0.4, 0.5) is 0 Å². The van der Waals surface area contributed by atoms with Gasteiger partial charge in [-0.05, 0) is 18.6 Å². The molecule has 0 unspecified atom stereocenters. The predicted molar refractivity (Wildman–Crippen MR) is 78.5 cm³/mol. The number of phenols is 1. The van der Waals surface area contributed by atoms with E-state index in [4.69, 9.17) is 4.74 Å². The summed E-state index contributed by atoms with van der Waals surface area (Å²) < 4.78 is 5.77. The van der Waals surface area contributed by atoms with E-state index < -0.39 is 0 Å². The second kappa shape index (κ2) is 4.46. The number of hydrogen-bond acceptors (Lipinski definition) is 3. The number of aromatic hydroxyl groups is 1. The van der Waals surface area contributed by atoms with Crippen molar-refractivity contribution >= 4 is 11.3 Å². The molecule has 3 heteroatoms. The van der Waals surface area contributed by atoms with Crippen LogP contribution in [0.15, 0.2) is 54.8 Å². The highest BCUT2D eigenvalue weighted by molar-refractivity contribution is 5.91. The zero-order valence-corrected chi connectivity index (χ0v) is 11.1. The van der Waals surface area contributed by atoms with Crippen LogP contribution >= 0.6 is 0 Å². The van der Waals surface area contributed by atoms with Crippen LogP contribution in [0.3, 0.4) is 0 Å². The highest BCUT2D eigenvalue weighted by Gasteiger charge is 2.26. The van der Waals surface area contributed by atoms with Crippen molar-refractivity contribution in [3.8, 4) is 11.5 Å². The maximum Gasteiger partial charge on any atom is 0.176 e. The molecule has 20 heavy (non-hydrogen) atoms. The molecule has 3 rings (SSSR count). The van der Waals surface area contributed by atoms with Gasteiger partial charge in [0.1, 0.15) is 11.5 Å². The summed E-state index contributed by atoms with van der Waals surface area (Å²) >= 11 is 0. The normalized spacial score (nSPS) is 13.9. The molecule has 0 saturated carbocycles. The maximum atomic E-state index is 10.3. The third kappa shape index (κ3) is 1.84. The Morgan fingerprint density at radius 2 is 1.75 bits per heavy atom. The first kappa shape index (κ1) is 12.4. The Morgan fingerprint density at radius 3 is 2.45 bits per heavy atom. The monoisotopic (exact) mass is 266 g/mol. The molecular weight excluding hydrogens is 252 g/mol. The van der Waals surface area contributed by atoms with Crippen LogP contribution in [0.5, 0.6) is 11.5 Å². The fourth-order valence-corrected chi connectivity index (χ4v) is 2.40. The zero-order valence-electron chi connectivity index (χ0n) is 11.1. The van der Waals surface area contributed by atoms with Crippen LogP contribution < -0.4 is 4.74 Å². The van der Waals surface area contributed by atoms with Gasteiger partial charge in [-0.2, -0.15) is 0 Å². The molecule has 100 valence electrons. The lowest BCUT2D eigenvalue weighted by Gasteiger charge is -2.24. The van der Waals surface area contributed by atoms with E-state index in [1.165, 1.54) is 6.07 Å². The van der Waals surface area contributed by atoms with Crippen molar-refractivity contribution in [2.24, 2.45) is 0 Å². The van der Waals surface area contributed by atoms with E-state index in [-0.39, 0.29) is 11.5 Å². The van der Waals surface area contributed by atoms with Gasteiger partial charge in [-0.1, -0.05) is 36.9 Å². The zero-order chi connectivity index (χ0) is 14.3. The number of hydrogen-bond donors (Lipinski definition) is 2. The first-order chi connectivity index (χ1) is 9.58. The minimum atomic E-state index is 0.0255. The molecule has 2 aromatic rings. The van der Waals surface area contributed by atoms with E-state index in [0.29, 0.717) is 17.1 Å². The van der Waals surface area contributed by atoms with Crippen LogP contribution in [0, 0.1) is 6.92 Å². The topological polar surface area (TPSA) is 49.7 Å². The minimum Gasteiger partial charge on any atom is -0.508 e. The Kier molecular flexibility index (Phi) is 2.75. The lowest BCUT2D eigenvalue weighted by Crippen LogP contribution is -2.09. The lowest BCUT2D eigenvalue weighted by molar-refractivity contribution is 0.396. The molecule has 3 nitrogen and oxygen atoms in total. The van der Waals surface area contributed by atoms with Crippen LogP contribution in [0.25, 0.3) is 11.3 Å². The first-order valence-corrected chi connectivity index (χ1v) is 6.27. The number of aliphatic hydroxyl groups is 1. The SMILES string of the molecule is C=C1C(O)=C(c2ccccc2)Oc2cc(O)cc(C)c21. The Hall–Kier alpha value is -2.68. The van der Waals surface area contributed by atoms with Gasteiger partial charge < -0.3 is 14.9 Å². The van der Waals surface area contributed by atoms with Crippen molar-refractivity contribution in [2.75, 3.05) is 0 Å². The fraction of sp³-hybridized carbons (Fsp3) is 0.0588. The van der Waals surface area contributed by atoms with E-state index in [9.17, 15) is 10.2 Å². The van der Waals surface area contributed by atoms with Crippen molar-refractivity contribution in [1.82, 2.24) is 0 Å². The van der Waals surface area contributed by atoms with Crippen molar-refractivity contribution in [3.63, 3.8) is 0 Å². The highest BCUT2D eigenvalue weighted by Crippen LogP contribution is 2.43. The summed E-state index contributed by atoms with van der Waals surface area (Å²) in [4.78, 5) is 0. The van der Waals surface area contributed by atoms with E-state index in [0.717, 1.165) is 16.7 Å². The number of allylic oxidation sites excluding steroid dienone is 1. The highest BCUT2D eigenvalue weighted by atomic mass is 16.5. The Labute approximate surface area is 117 Å². The third-order valence-corrected chi connectivity index (χ3v) is 3.33. The molecule has 0 bridgehead atoms. The molecule has 0 fully saturated rings. The summed E-state index contributed by atoms with van der Waals surface area (Å²) in [6, 6.07) is 12.5. The molecule has 0 amide bonds. The Morgan fingerprint density at radius 1 is 1.05 bits per heavy atom. The Bertz CT molecular complexity index is 727. The van der Waals surface area contributed by atoms with Gasteiger partial charge in [0.05, 0.1) is 0 Å². The van der Waals surface area contributed by atoms with Crippen molar-refractivity contribution < 1.29 is 14.9 Å². The smallest absolute Gasteiger partial charge is 0.176 e. The van der Waals surface area contributed by atoms with Crippen molar-refractivity contribution in [1.29, 1.82) is 0 Å². The van der Waals surface area contributed by atoms with E-state index in [1.54, 1.807) is 6.07 Å². The Balaban J connectivity index is 2.18. The van der Waals surface area contributed by atoms with Gasteiger partial charge in [0.2, 0.25) is 0 Å². The van der Waals surface area contributed by atoms with Gasteiger partial charge in [-0.25, -0.2) is 0 Å². The van der Waals surface area contributed by atoms with Gasteiger partial charge >= 0.3 is 0 Å². The molecule has 0 radical (unpaired) electrons. The molecule has 0 atom stereocenters. The van der Waals surface area contributed by atoms with Crippen molar-refractivity contribution in [2.45, 2.75) is 6.92 Å². The van der Waals surface area contributed by atoms with Crippen LogP contribution in [-0.4, -0.2) is 10.2 Å². The number of aryl methyl sites for hydroxylation is 1. The van der Waals surface area contributed by atoms with E-state index >= 15 is 0 Å². The largest absolute Gasteiger partial charge is 0.508 e. The predicted octanol–water partition coefficient (Wildman–Crippen LogP) is 4.03. The summed E-state index contributed by atoms with van der Waals surface area (Å²) in [6.07, 6.45) is 0. The summed E-state index contributed by atoms with van der Waals surface area (Å²) in [6.45, 7) is 5.77. The fourth-order valence-electron chi connectivity index (χ4n) is 2.40. The second-order valence-electron chi connectivity index (χ2n) is 4.76. The molecule has 2 aromatic carbocycles. The number of fused-ring (bicyclic) bond motifs is 1. The van der Waals surface area contributed by atoms with E-state index in [1.807, 2.05) is 37.3 Å². The van der Waals surface area contributed by atoms with Gasteiger partial charge in [-0.3, -0.25) is 0 Å². The number of aliphatic hydroxyl groups excluding tert-OH is 1. The summed E-state index contributed by atoms with van der Waals surface area (Å²) in [5.41, 5.74) is 2.80. The number of rotatable bonds is 1. The van der Waals surface area contributed by atoms with Crippen molar-refractivity contribution in [3.05, 3.63) is 71.5 Å². The van der Waals surface area contributed by atoms with Crippen LogP contribution in [0.2, 0.25) is 0 Å². The van der Waals surface area contributed by atoms with Gasteiger partial charge in [0, 0.05) is 22.8 Å².